The predicted octanol–water partition coefficient (Wildman–Crippen LogP) is 1.79. The number of aromatic nitrogens is 4. The Kier molecular flexibility index (Phi) is 2.91. The molecule has 1 aliphatic rings. The maximum Gasteiger partial charge on any atom is 0.0553 e. The first-order valence-electron chi connectivity index (χ1n) is 6.46. The summed E-state index contributed by atoms with van der Waals surface area (Å²) in [5.74, 6) is 0. The smallest absolute Gasteiger partial charge is 0.0553 e. The normalized spacial score (nSPS) is 20.7. The number of nitrogens with zero attached hydrogens (tertiary/aromatic N) is 4. The van der Waals surface area contributed by atoms with Crippen LogP contribution in [0.1, 0.15) is 35.8 Å². The van der Waals surface area contributed by atoms with Crippen LogP contribution >= 0.6 is 0 Å². The van der Waals surface area contributed by atoms with Crippen LogP contribution in [0.2, 0.25) is 0 Å². The zero-order chi connectivity index (χ0) is 12.5. The van der Waals surface area contributed by atoms with E-state index in [1.165, 1.54) is 29.8 Å². The van der Waals surface area contributed by atoms with Gasteiger partial charge in [-0.1, -0.05) is 0 Å². The molecule has 2 aromatic heterocycles. The molecule has 2 aromatic rings. The highest BCUT2D eigenvalue weighted by Gasteiger charge is 2.28. The van der Waals surface area contributed by atoms with E-state index in [4.69, 9.17) is 0 Å². The van der Waals surface area contributed by atoms with E-state index >= 15 is 0 Å². The molecule has 0 saturated carbocycles. The van der Waals surface area contributed by atoms with Crippen LogP contribution in [-0.2, 0) is 13.6 Å². The molecule has 1 N–H and O–H groups in total. The number of hydrogen-bond donors (Lipinski definition) is 1. The van der Waals surface area contributed by atoms with Gasteiger partial charge >= 0.3 is 0 Å². The molecule has 1 aliphatic heterocycles. The Morgan fingerprint density at radius 3 is 3.06 bits per heavy atom. The predicted molar refractivity (Wildman–Crippen MR) is 68.9 cm³/mol. The number of rotatable bonds is 3. The molecule has 5 heteroatoms. The third-order valence-corrected chi connectivity index (χ3v) is 3.85. The van der Waals surface area contributed by atoms with Gasteiger partial charge in [0.1, 0.15) is 0 Å². The maximum absolute atomic E-state index is 4.23. The molecule has 1 saturated heterocycles. The standard InChI is InChI=1S/C13H19N5/c1-10-8-14-16-13(10)12-4-3-7-18(12)9-11-5-6-15-17(11)2/h5-6,8,12H,3-4,7,9H2,1-2H3,(H,14,16). The van der Waals surface area contributed by atoms with Crippen LogP contribution < -0.4 is 0 Å². The lowest BCUT2D eigenvalue weighted by atomic mass is 10.1. The lowest BCUT2D eigenvalue weighted by Gasteiger charge is -2.24. The Hall–Kier alpha value is -1.62. The molecular formula is C13H19N5. The first-order valence-corrected chi connectivity index (χ1v) is 6.46. The van der Waals surface area contributed by atoms with Gasteiger partial charge in [0.25, 0.3) is 0 Å². The van der Waals surface area contributed by atoms with Gasteiger partial charge in [-0.3, -0.25) is 14.7 Å². The Morgan fingerprint density at radius 2 is 2.39 bits per heavy atom. The summed E-state index contributed by atoms with van der Waals surface area (Å²) in [6.07, 6.45) is 6.24. The summed E-state index contributed by atoms with van der Waals surface area (Å²) in [4.78, 5) is 2.51. The summed E-state index contributed by atoms with van der Waals surface area (Å²) in [5, 5.41) is 11.5. The average Bonchev–Trinajstić information content (AvgIpc) is 3.03. The van der Waals surface area contributed by atoms with Gasteiger partial charge in [-0.05, 0) is 37.9 Å². The highest BCUT2D eigenvalue weighted by molar-refractivity contribution is 5.19. The van der Waals surface area contributed by atoms with E-state index < -0.39 is 0 Å². The van der Waals surface area contributed by atoms with E-state index in [1.54, 1.807) is 0 Å². The summed E-state index contributed by atoms with van der Waals surface area (Å²) in [7, 11) is 2.00. The first-order chi connectivity index (χ1) is 8.75. The van der Waals surface area contributed by atoms with Crippen LogP contribution in [0.15, 0.2) is 18.5 Å². The molecular weight excluding hydrogens is 226 g/mol. The first kappa shape index (κ1) is 11.5. The Morgan fingerprint density at radius 1 is 1.50 bits per heavy atom. The monoisotopic (exact) mass is 245 g/mol. The lowest BCUT2D eigenvalue weighted by Crippen LogP contribution is -2.24. The maximum atomic E-state index is 4.23. The van der Waals surface area contributed by atoms with Crippen molar-refractivity contribution in [2.75, 3.05) is 6.54 Å². The van der Waals surface area contributed by atoms with Crippen molar-refractivity contribution in [3.05, 3.63) is 35.4 Å². The average molecular weight is 245 g/mol. The van der Waals surface area contributed by atoms with E-state index in [-0.39, 0.29) is 0 Å². The molecule has 0 radical (unpaired) electrons. The third-order valence-electron chi connectivity index (χ3n) is 3.85. The lowest BCUT2D eigenvalue weighted by molar-refractivity contribution is 0.237. The minimum Gasteiger partial charge on any atom is -0.289 e. The second-order valence-electron chi connectivity index (χ2n) is 5.04. The zero-order valence-electron chi connectivity index (χ0n) is 10.9. The summed E-state index contributed by atoms with van der Waals surface area (Å²) >= 11 is 0. The van der Waals surface area contributed by atoms with Crippen molar-refractivity contribution in [2.24, 2.45) is 7.05 Å². The molecule has 3 rings (SSSR count). The highest BCUT2D eigenvalue weighted by Crippen LogP contribution is 2.33. The molecule has 1 fully saturated rings. The van der Waals surface area contributed by atoms with Crippen LogP contribution in [0.3, 0.4) is 0 Å². The van der Waals surface area contributed by atoms with E-state index in [2.05, 4.69) is 33.2 Å². The van der Waals surface area contributed by atoms with Gasteiger partial charge in [0.05, 0.1) is 23.6 Å². The molecule has 18 heavy (non-hydrogen) atoms. The van der Waals surface area contributed by atoms with Crippen molar-refractivity contribution < 1.29 is 0 Å². The SMILES string of the molecule is Cc1cn[nH]c1C1CCCN1Cc1ccnn1C. The van der Waals surface area contributed by atoms with Crippen molar-refractivity contribution in [1.82, 2.24) is 24.9 Å². The number of aromatic amines is 1. The van der Waals surface area contributed by atoms with Gasteiger partial charge in [0.2, 0.25) is 0 Å². The van der Waals surface area contributed by atoms with Gasteiger partial charge in [-0.2, -0.15) is 10.2 Å². The van der Waals surface area contributed by atoms with E-state index in [0.717, 1.165) is 13.1 Å². The van der Waals surface area contributed by atoms with Gasteiger partial charge in [0, 0.05) is 19.8 Å². The second-order valence-corrected chi connectivity index (χ2v) is 5.04. The van der Waals surface area contributed by atoms with Crippen molar-refractivity contribution in [3.8, 4) is 0 Å². The molecule has 0 bridgehead atoms. The van der Waals surface area contributed by atoms with Crippen LogP contribution in [0.25, 0.3) is 0 Å². The third kappa shape index (κ3) is 1.95. The van der Waals surface area contributed by atoms with Gasteiger partial charge in [0.15, 0.2) is 0 Å². The quantitative estimate of drug-likeness (QED) is 0.897. The minimum absolute atomic E-state index is 0.474. The summed E-state index contributed by atoms with van der Waals surface area (Å²) in [6, 6.07) is 2.57. The topological polar surface area (TPSA) is 49.7 Å². The minimum atomic E-state index is 0.474. The molecule has 0 aliphatic carbocycles. The number of likely N-dealkylation sites (tertiary alicyclic amines) is 1. The Labute approximate surface area is 107 Å². The second kappa shape index (κ2) is 4.57. The Balaban J connectivity index is 1.80. The summed E-state index contributed by atoms with van der Waals surface area (Å²) in [5.41, 5.74) is 3.80. The largest absolute Gasteiger partial charge is 0.289 e. The van der Waals surface area contributed by atoms with E-state index in [1.807, 2.05) is 24.1 Å². The van der Waals surface area contributed by atoms with Crippen LogP contribution in [0, 0.1) is 6.92 Å². The van der Waals surface area contributed by atoms with E-state index in [0.29, 0.717) is 6.04 Å². The molecule has 0 aromatic carbocycles. The fourth-order valence-corrected chi connectivity index (χ4v) is 2.80. The van der Waals surface area contributed by atoms with Gasteiger partial charge in [-0.15, -0.1) is 0 Å². The molecule has 0 spiro atoms. The van der Waals surface area contributed by atoms with Crippen molar-refractivity contribution >= 4 is 0 Å². The van der Waals surface area contributed by atoms with Crippen molar-refractivity contribution in [2.45, 2.75) is 32.4 Å². The van der Waals surface area contributed by atoms with Crippen molar-refractivity contribution in [3.63, 3.8) is 0 Å². The fraction of sp³-hybridized carbons (Fsp3) is 0.538. The number of aryl methyl sites for hydroxylation is 2. The number of nitrogens with one attached hydrogen (secondary N) is 1. The van der Waals surface area contributed by atoms with Crippen LogP contribution in [-0.4, -0.2) is 31.4 Å². The summed E-state index contributed by atoms with van der Waals surface area (Å²) in [6.45, 7) is 4.23. The number of H-pyrrole nitrogens is 1. The van der Waals surface area contributed by atoms with Crippen LogP contribution in [0.5, 0.6) is 0 Å². The molecule has 0 amide bonds. The summed E-state index contributed by atoms with van der Waals surface area (Å²) < 4.78 is 1.95. The Bertz CT molecular complexity index is 527. The zero-order valence-corrected chi connectivity index (χ0v) is 10.9. The fourth-order valence-electron chi connectivity index (χ4n) is 2.80. The molecule has 1 atom stereocenters. The molecule has 5 nitrogen and oxygen atoms in total. The van der Waals surface area contributed by atoms with Gasteiger partial charge < -0.3 is 0 Å². The van der Waals surface area contributed by atoms with Crippen LogP contribution in [0.4, 0.5) is 0 Å². The number of hydrogen-bond acceptors (Lipinski definition) is 3. The highest BCUT2D eigenvalue weighted by atomic mass is 15.3. The molecule has 3 heterocycles. The molecule has 96 valence electrons. The molecule has 1 unspecified atom stereocenters. The van der Waals surface area contributed by atoms with E-state index in [9.17, 15) is 0 Å². The van der Waals surface area contributed by atoms with Gasteiger partial charge in [-0.25, -0.2) is 0 Å². The van der Waals surface area contributed by atoms with Crippen molar-refractivity contribution in [1.29, 1.82) is 0 Å².